The fraction of sp³-hybridized carbons (Fsp3) is 0.500. The van der Waals surface area contributed by atoms with E-state index < -0.39 is 0 Å². The van der Waals surface area contributed by atoms with Gasteiger partial charge in [-0.3, -0.25) is 0 Å². The number of hydrogen-bond donors (Lipinski definition) is 1. The van der Waals surface area contributed by atoms with Crippen molar-refractivity contribution in [2.24, 2.45) is 5.92 Å². The van der Waals surface area contributed by atoms with Crippen molar-refractivity contribution in [3.05, 3.63) is 24.3 Å². The van der Waals surface area contributed by atoms with Crippen molar-refractivity contribution >= 4 is 23.5 Å². The lowest BCUT2D eigenvalue weighted by Gasteiger charge is -2.31. The molecule has 0 saturated carbocycles. The summed E-state index contributed by atoms with van der Waals surface area (Å²) >= 11 is 1.65. The van der Waals surface area contributed by atoms with E-state index >= 15 is 0 Å². The molecule has 1 aliphatic rings. The summed E-state index contributed by atoms with van der Waals surface area (Å²) in [5, 5.41) is 3.02. The molecule has 1 atom stereocenters. The SMILES string of the molecule is CSc1ccccc1NC(=O)N1CCCC(C)C1. The molecule has 1 aromatic carbocycles. The van der Waals surface area contributed by atoms with Crippen LogP contribution in [0.1, 0.15) is 19.8 Å². The Balaban J connectivity index is 2.02. The zero-order valence-corrected chi connectivity index (χ0v) is 11.8. The molecule has 3 nitrogen and oxygen atoms in total. The lowest BCUT2D eigenvalue weighted by atomic mass is 10.0. The van der Waals surface area contributed by atoms with Gasteiger partial charge in [0.15, 0.2) is 0 Å². The number of urea groups is 1. The first-order valence-electron chi connectivity index (χ1n) is 6.39. The molecule has 18 heavy (non-hydrogen) atoms. The monoisotopic (exact) mass is 264 g/mol. The maximum atomic E-state index is 12.2. The highest BCUT2D eigenvalue weighted by molar-refractivity contribution is 7.98. The summed E-state index contributed by atoms with van der Waals surface area (Å²) in [4.78, 5) is 15.2. The number of benzene rings is 1. The Bertz CT molecular complexity index is 422. The Kier molecular flexibility index (Phi) is 4.53. The zero-order valence-electron chi connectivity index (χ0n) is 11.0. The van der Waals surface area contributed by atoms with Crippen molar-refractivity contribution in [1.29, 1.82) is 0 Å². The van der Waals surface area contributed by atoms with E-state index in [9.17, 15) is 4.79 Å². The fourth-order valence-corrected chi connectivity index (χ4v) is 2.87. The molecule has 1 aromatic rings. The number of anilines is 1. The minimum atomic E-state index is 0.0306. The average Bonchev–Trinajstić information content (AvgIpc) is 2.39. The lowest BCUT2D eigenvalue weighted by Crippen LogP contribution is -2.41. The average molecular weight is 264 g/mol. The summed E-state index contributed by atoms with van der Waals surface area (Å²) in [6.07, 6.45) is 4.36. The first-order valence-corrected chi connectivity index (χ1v) is 7.62. The second kappa shape index (κ2) is 6.14. The third-order valence-corrected chi connectivity index (χ3v) is 4.09. The third-order valence-electron chi connectivity index (χ3n) is 3.29. The van der Waals surface area contributed by atoms with Crippen LogP contribution in [0.25, 0.3) is 0 Å². The molecular formula is C14H20N2OS. The smallest absolute Gasteiger partial charge is 0.321 e. The molecule has 4 heteroatoms. The van der Waals surface area contributed by atoms with Gasteiger partial charge in [-0.05, 0) is 37.1 Å². The van der Waals surface area contributed by atoms with Gasteiger partial charge in [0.05, 0.1) is 5.69 Å². The van der Waals surface area contributed by atoms with Crippen LogP contribution in [0.3, 0.4) is 0 Å². The number of carbonyl (C=O) groups is 1. The number of hydrogen-bond acceptors (Lipinski definition) is 2. The first kappa shape index (κ1) is 13.3. The lowest BCUT2D eigenvalue weighted by molar-refractivity contribution is 0.182. The summed E-state index contributed by atoms with van der Waals surface area (Å²) in [5.74, 6) is 0.611. The Labute approximate surface area is 113 Å². The van der Waals surface area contributed by atoms with E-state index in [-0.39, 0.29) is 6.03 Å². The molecule has 0 aromatic heterocycles. The molecule has 0 aliphatic carbocycles. The summed E-state index contributed by atoms with van der Waals surface area (Å²) in [6, 6.07) is 7.96. The van der Waals surface area contributed by atoms with Gasteiger partial charge in [-0.15, -0.1) is 11.8 Å². The van der Waals surface area contributed by atoms with E-state index in [0.717, 1.165) is 30.1 Å². The summed E-state index contributed by atoms with van der Waals surface area (Å²) in [5.41, 5.74) is 0.910. The minimum absolute atomic E-state index is 0.0306. The second-order valence-corrected chi connectivity index (χ2v) is 5.67. The number of piperidine rings is 1. The quantitative estimate of drug-likeness (QED) is 0.827. The highest BCUT2D eigenvalue weighted by Gasteiger charge is 2.21. The maximum Gasteiger partial charge on any atom is 0.321 e. The molecule has 2 rings (SSSR count). The molecule has 1 aliphatic heterocycles. The molecule has 1 unspecified atom stereocenters. The summed E-state index contributed by atoms with van der Waals surface area (Å²) in [7, 11) is 0. The molecule has 1 heterocycles. The number of thioether (sulfide) groups is 1. The Morgan fingerprint density at radius 3 is 2.94 bits per heavy atom. The third kappa shape index (κ3) is 3.19. The van der Waals surface area contributed by atoms with E-state index in [2.05, 4.69) is 12.2 Å². The molecule has 0 bridgehead atoms. The van der Waals surface area contributed by atoms with E-state index in [1.807, 2.05) is 35.4 Å². The van der Waals surface area contributed by atoms with Gasteiger partial charge in [0, 0.05) is 18.0 Å². The molecule has 0 spiro atoms. The predicted molar refractivity (Wildman–Crippen MR) is 77.2 cm³/mol. The van der Waals surface area contributed by atoms with Gasteiger partial charge in [-0.2, -0.15) is 0 Å². The second-order valence-electron chi connectivity index (χ2n) is 4.82. The van der Waals surface area contributed by atoms with Gasteiger partial charge in [0.2, 0.25) is 0 Å². The van der Waals surface area contributed by atoms with E-state index in [4.69, 9.17) is 0 Å². The van der Waals surface area contributed by atoms with Crippen LogP contribution >= 0.6 is 11.8 Å². The van der Waals surface area contributed by atoms with Gasteiger partial charge in [-0.25, -0.2) is 4.79 Å². The number of rotatable bonds is 2. The summed E-state index contributed by atoms with van der Waals surface area (Å²) in [6.45, 7) is 3.94. The molecule has 0 radical (unpaired) electrons. The Hall–Kier alpha value is -1.16. The number of carbonyl (C=O) groups excluding carboxylic acids is 1. The fourth-order valence-electron chi connectivity index (χ4n) is 2.32. The van der Waals surface area contributed by atoms with Crippen molar-refractivity contribution in [2.45, 2.75) is 24.7 Å². The van der Waals surface area contributed by atoms with Crippen LogP contribution < -0.4 is 5.32 Å². The first-order chi connectivity index (χ1) is 8.70. The highest BCUT2D eigenvalue weighted by atomic mass is 32.2. The van der Waals surface area contributed by atoms with Gasteiger partial charge in [0.25, 0.3) is 0 Å². The van der Waals surface area contributed by atoms with Crippen LogP contribution in [0.15, 0.2) is 29.2 Å². The van der Waals surface area contributed by atoms with Gasteiger partial charge >= 0.3 is 6.03 Å². The molecule has 1 N–H and O–H groups in total. The molecular weight excluding hydrogens is 244 g/mol. The summed E-state index contributed by atoms with van der Waals surface area (Å²) < 4.78 is 0. The normalized spacial score (nSPS) is 19.7. The zero-order chi connectivity index (χ0) is 13.0. The van der Waals surface area contributed by atoms with Crippen molar-refractivity contribution < 1.29 is 4.79 Å². The standard InChI is InChI=1S/C14H20N2OS/c1-11-6-5-9-16(10-11)14(17)15-12-7-3-4-8-13(12)18-2/h3-4,7-8,11H,5-6,9-10H2,1-2H3,(H,15,17). The minimum Gasteiger partial charge on any atom is -0.324 e. The molecule has 2 amide bonds. The van der Waals surface area contributed by atoms with E-state index in [1.165, 1.54) is 6.42 Å². The van der Waals surface area contributed by atoms with Crippen LogP contribution in [0, 0.1) is 5.92 Å². The van der Waals surface area contributed by atoms with Gasteiger partial charge < -0.3 is 10.2 Å². The van der Waals surface area contributed by atoms with Crippen molar-refractivity contribution in [3.8, 4) is 0 Å². The predicted octanol–water partition coefficient (Wildman–Crippen LogP) is 3.67. The Morgan fingerprint density at radius 2 is 2.22 bits per heavy atom. The maximum absolute atomic E-state index is 12.2. The van der Waals surface area contributed by atoms with Crippen molar-refractivity contribution in [3.63, 3.8) is 0 Å². The van der Waals surface area contributed by atoms with Crippen LogP contribution in [0.2, 0.25) is 0 Å². The molecule has 1 fully saturated rings. The number of likely N-dealkylation sites (tertiary alicyclic amines) is 1. The highest BCUT2D eigenvalue weighted by Crippen LogP contribution is 2.25. The van der Waals surface area contributed by atoms with E-state index in [0.29, 0.717) is 5.92 Å². The number of nitrogens with zero attached hydrogens (tertiary/aromatic N) is 1. The largest absolute Gasteiger partial charge is 0.324 e. The number of amides is 2. The number of nitrogens with one attached hydrogen (secondary N) is 1. The topological polar surface area (TPSA) is 32.3 Å². The van der Waals surface area contributed by atoms with Crippen molar-refractivity contribution in [1.82, 2.24) is 4.90 Å². The van der Waals surface area contributed by atoms with Crippen LogP contribution in [0.5, 0.6) is 0 Å². The molecule has 98 valence electrons. The number of para-hydroxylation sites is 1. The van der Waals surface area contributed by atoms with E-state index in [1.54, 1.807) is 11.8 Å². The van der Waals surface area contributed by atoms with Gasteiger partial charge in [-0.1, -0.05) is 19.1 Å². The van der Waals surface area contributed by atoms with Crippen molar-refractivity contribution in [2.75, 3.05) is 24.7 Å². The molecule has 1 saturated heterocycles. The van der Waals surface area contributed by atoms with Crippen LogP contribution in [-0.2, 0) is 0 Å². The van der Waals surface area contributed by atoms with Crippen LogP contribution in [-0.4, -0.2) is 30.3 Å². The van der Waals surface area contributed by atoms with Crippen LogP contribution in [0.4, 0.5) is 10.5 Å². The van der Waals surface area contributed by atoms with Gasteiger partial charge in [0.1, 0.15) is 0 Å². The Morgan fingerprint density at radius 1 is 1.44 bits per heavy atom.